The number of aromatic nitrogens is 4. The van der Waals surface area contributed by atoms with E-state index in [9.17, 15) is 0 Å². The van der Waals surface area contributed by atoms with Crippen molar-refractivity contribution in [2.24, 2.45) is 0 Å². The molecule has 0 aliphatic heterocycles. The van der Waals surface area contributed by atoms with Crippen LogP contribution in [0, 0.1) is 0 Å². The van der Waals surface area contributed by atoms with E-state index in [1.165, 1.54) is 0 Å². The lowest BCUT2D eigenvalue weighted by molar-refractivity contribution is 1.20. The highest BCUT2D eigenvalue weighted by atomic mass is 35.5. The van der Waals surface area contributed by atoms with E-state index in [1.807, 2.05) is 12.1 Å². The van der Waals surface area contributed by atoms with Gasteiger partial charge in [0.2, 0.25) is 11.2 Å². The molecule has 0 aliphatic rings. The first-order valence-electron chi connectivity index (χ1n) is 5.54. The van der Waals surface area contributed by atoms with Crippen LogP contribution in [0.1, 0.15) is 0 Å². The number of fused-ring (bicyclic) bond motifs is 1. The van der Waals surface area contributed by atoms with Crippen LogP contribution in [0.15, 0.2) is 24.3 Å². The molecule has 0 aliphatic carbocycles. The second kappa shape index (κ2) is 4.68. The number of rotatable bonds is 2. The zero-order valence-electron chi connectivity index (χ0n) is 9.91. The molecular weight excluding hydrogens is 285 g/mol. The molecule has 1 aromatic carbocycles. The van der Waals surface area contributed by atoms with Crippen molar-refractivity contribution in [1.29, 1.82) is 0 Å². The van der Waals surface area contributed by atoms with Crippen LogP contribution in [0.3, 0.4) is 0 Å². The van der Waals surface area contributed by atoms with Crippen molar-refractivity contribution in [1.82, 2.24) is 19.9 Å². The van der Waals surface area contributed by atoms with Gasteiger partial charge in [-0.3, -0.25) is 0 Å². The van der Waals surface area contributed by atoms with Crippen molar-refractivity contribution in [3.8, 4) is 11.3 Å². The number of halogens is 2. The molecule has 2 N–H and O–H groups in total. The number of nitrogens with zero attached hydrogens (tertiary/aromatic N) is 3. The minimum absolute atomic E-state index is 0.159. The van der Waals surface area contributed by atoms with Crippen LogP contribution in [0.25, 0.3) is 22.4 Å². The summed E-state index contributed by atoms with van der Waals surface area (Å²) in [6.07, 6.45) is 0. The van der Waals surface area contributed by atoms with Gasteiger partial charge in [-0.25, -0.2) is 4.98 Å². The summed E-state index contributed by atoms with van der Waals surface area (Å²) >= 11 is 11.8. The van der Waals surface area contributed by atoms with Crippen molar-refractivity contribution in [3.63, 3.8) is 0 Å². The Hall–Kier alpha value is -1.85. The summed E-state index contributed by atoms with van der Waals surface area (Å²) in [6.45, 7) is 0. The molecule has 3 aromatic rings. The Labute approximate surface area is 119 Å². The quantitative estimate of drug-likeness (QED) is 0.711. The van der Waals surface area contributed by atoms with E-state index >= 15 is 0 Å². The van der Waals surface area contributed by atoms with E-state index in [0.29, 0.717) is 22.3 Å². The Balaban J connectivity index is 2.26. The van der Waals surface area contributed by atoms with Crippen molar-refractivity contribution >= 4 is 40.3 Å². The van der Waals surface area contributed by atoms with Gasteiger partial charge in [-0.05, 0) is 23.7 Å². The van der Waals surface area contributed by atoms with E-state index in [-0.39, 0.29) is 5.28 Å². The third kappa shape index (κ3) is 2.22. The Kier molecular flexibility index (Phi) is 3.00. The fraction of sp³-hybridized carbons (Fsp3) is 0.0833. The lowest BCUT2D eigenvalue weighted by Crippen LogP contribution is -1.90. The van der Waals surface area contributed by atoms with Crippen LogP contribution >= 0.6 is 23.2 Å². The predicted molar refractivity (Wildman–Crippen MR) is 76.7 cm³/mol. The highest BCUT2D eigenvalue weighted by Gasteiger charge is 2.13. The molecule has 0 spiro atoms. The monoisotopic (exact) mass is 293 g/mol. The molecule has 0 saturated heterocycles. The Morgan fingerprint density at radius 2 is 1.79 bits per heavy atom. The van der Waals surface area contributed by atoms with Crippen LogP contribution in [-0.2, 0) is 0 Å². The zero-order chi connectivity index (χ0) is 13.4. The molecule has 0 atom stereocenters. The molecule has 2 aromatic heterocycles. The molecule has 0 radical (unpaired) electrons. The molecule has 0 amide bonds. The van der Waals surface area contributed by atoms with Crippen LogP contribution in [0.2, 0.25) is 10.3 Å². The zero-order valence-corrected chi connectivity index (χ0v) is 11.4. The number of hydrogen-bond acceptors (Lipinski definition) is 4. The van der Waals surface area contributed by atoms with Gasteiger partial charge in [0.25, 0.3) is 0 Å². The van der Waals surface area contributed by atoms with E-state index in [4.69, 9.17) is 23.2 Å². The number of imidazole rings is 1. The van der Waals surface area contributed by atoms with Gasteiger partial charge in [-0.15, -0.1) is 0 Å². The highest BCUT2D eigenvalue weighted by molar-refractivity contribution is 6.30. The summed E-state index contributed by atoms with van der Waals surface area (Å²) in [5.74, 6) is 0.613. The minimum Gasteiger partial charge on any atom is -0.359 e. The van der Waals surface area contributed by atoms with Crippen molar-refractivity contribution < 1.29 is 0 Å². The second-order valence-electron chi connectivity index (χ2n) is 3.88. The van der Waals surface area contributed by atoms with Gasteiger partial charge in [0, 0.05) is 17.6 Å². The van der Waals surface area contributed by atoms with Crippen LogP contribution in [-0.4, -0.2) is 27.0 Å². The van der Waals surface area contributed by atoms with Gasteiger partial charge < -0.3 is 10.3 Å². The molecule has 0 bridgehead atoms. The Morgan fingerprint density at radius 3 is 2.47 bits per heavy atom. The molecule has 0 saturated carbocycles. The molecule has 96 valence electrons. The fourth-order valence-corrected chi connectivity index (χ4v) is 2.10. The smallest absolute Gasteiger partial charge is 0.225 e. The Bertz CT molecular complexity index is 736. The van der Waals surface area contributed by atoms with Gasteiger partial charge in [0.1, 0.15) is 11.2 Å². The molecule has 5 nitrogen and oxygen atoms in total. The normalized spacial score (nSPS) is 10.9. The summed E-state index contributed by atoms with van der Waals surface area (Å²) in [5, 5.41) is 3.75. The van der Waals surface area contributed by atoms with Crippen LogP contribution < -0.4 is 5.32 Å². The molecule has 3 rings (SSSR count). The lowest BCUT2D eigenvalue weighted by Gasteiger charge is -2.02. The molecular formula is C12H9Cl2N5. The maximum Gasteiger partial charge on any atom is 0.225 e. The molecule has 7 heteroatoms. The van der Waals surface area contributed by atoms with E-state index in [1.54, 1.807) is 19.2 Å². The number of benzene rings is 1. The van der Waals surface area contributed by atoms with Gasteiger partial charge >= 0.3 is 0 Å². The summed E-state index contributed by atoms with van der Waals surface area (Å²) in [4.78, 5) is 15.7. The fourth-order valence-electron chi connectivity index (χ4n) is 1.81. The molecule has 0 fully saturated rings. The summed E-state index contributed by atoms with van der Waals surface area (Å²) in [5.41, 5.74) is 2.84. The van der Waals surface area contributed by atoms with E-state index < -0.39 is 0 Å². The summed E-state index contributed by atoms with van der Waals surface area (Å²) in [6, 6.07) is 7.35. The number of hydrogen-bond donors (Lipinski definition) is 2. The number of aromatic amines is 1. The third-order valence-corrected chi connectivity index (χ3v) is 3.10. The molecule has 0 unspecified atom stereocenters. The van der Waals surface area contributed by atoms with Crippen molar-refractivity contribution in [3.05, 3.63) is 34.6 Å². The first kappa shape index (κ1) is 12.2. The topological polar surface area (TPSA) is 66.5 Å². The largest absolute Gasteiger partial charge is 0.359 e. The van der Waals surface area contributed by atoms with Crippen LogP contribution in [0.4, 0.5) is 5.95 Å². The summed E-state index contributed by atoms with van der Waals surface area (Å²) in [7, 11) is 1.77. The second-order valence-corrected chi connectivity index (χ2v) is 4.66. The highest BCUT2D eigenvalue weighted by Crippen LogP contribution is 2.27. The maximum absolute atomic E-state index is 5.93. The van der Waals surface area contributed by atoms with Gasteiger partial charge in [0.15, 0.2) is 5.65 Å². The Morgan fingerprint density at radius 1 is 1.05 bits per heavy atom. The number of anilines is 1. The van der Waals surface area contributed by atoms with Gasteiger partial charge in [-0.2, -0.15) is 9.97 Å². The number of H-pyrrole nitrogens is 1. The van der Waals surface area contributed by atoms with Crippen molar-refractivity contribution in [2.45, 2.75) is 0 Å². The lowest BCUT2D eigenvalue weighted by atomic mass is 10.1. The standard InChI is InChI=1S/C12H9Cl2N5/c1-15-12-17-9-8(6-2-4-7(13)5-3-6)16-11(14)18-10(9)19-12/h2-5H,1H3,(H2,15,16,17,18,19). The molecule has 19 heavy (non-hydrogen) atoms. The minimum atomic E-state index is 0.159. The maximum atomic E-state index is 5.93. The third-order valence-electron chi connectivity index (χ3n) is 2.68. The predicted octanol–water partition coefficient (Wildman–Crippen LogP) is 3.37. The number of nitrogens with one attached hydrogen (secondary N) is 2. The first-order valence-corrected chi connectivity index (χ1v) is 6.30. The summed E-state index contributed by atoms with van der Waals surface area (Å²) < 4.78 is 0. The van der Waals surface area contributed by atoms with Crippen LogP contribution in [0.5, 0.6) is 0 Å². The van der Waals surface area contributed by atoms with Gasteiger partial charge in [0.05, 0.1) is 0 Å². The average Bonchev–Trinajstić information content (AvgIpc) is 2.81. The molecule has 2 heterocycles. The van der Waals surface area contributed by atoms with E-state index in [0.717, 1.165) is 11.1 Å². The van der Waals surface area contributed by atoms with Gasteiger partial charge in [-0.1, -0.05) is 23.7 Å². The van der Waals surface area contributed by atoms with E-state index in [2.05, 4.69) is 25.3 Å². The first-order chi connectivity index (χ1) is 9.17. The SMILES string of the molecule is CNc1nc2nc(Cl)nc(-c3ccc(Cl)cc3)c2[nH]1. The average molecular weight is 294 g/mol. The van der Waals surface area contributed by atoms with Crippen molar-refractivity contribution in [2.75, 3.05) is 12.4 Å².